The minimum Gasteiger partial charge on any atom is -0.493 e. The number of pyridine rings is 1. The second-order valence-corrected chi connectivity index (χ2v) is 10.2. The molecule has 6 heteroatoms. The van der Waals surface area contributed by atoms with Crippen LogP contribution < -0.4 is 14.4 Å². The standard InChI is InChI=1S/C31H35FN2O3/c1-3-36-29-16-21(17-30(37-4-2)31(29)22-7-10-25(32)11-8-22)20-34-15-13-26-23(9-12-27(26)34)18-28(35)24-6-5-14-33-19-24/h5-8,10-11,14,16-17,19,23,26-27H,3-4,9,12-13,15,18,20H2,1-2H3/p+1/t23?,26-,27+/m0/s1. The highest BCUT2D eigenvalue weighted by Gasteiger charge is 2.47. The molecule has 1 aromatic heterocycles. The minimum atomic E-state index is -0.263. The molecule has 1 N–H and O–H groups in total. The quantitative estimate of drug-likeness (QED) is 0.389. The summed E-state index contributed by atoms with van der Waals surface area (Å²) in [6.07, 6.45) is 7.45. The van der Waals surface area contributed by atoms with E-state index in [0.717, 1.165) is 60.5 Å². The largest absolute Gasteiger partial charge is 0.493 e. The monoisotopic (exact) mass is 503 g/mol. The van der Waals surface area contributed by atoms with Crippen molar-refractivity contribution in [2.75, 3.05) is 19.8 Å². The van der Waals surface area contributed by atoms with E-state index >= 15 is 0 Å². The van der Waals surface area contributed by atoms with E-state index in [1.165, 1.54) is 17.7 Å². The lowest BCUT2D eigenvalue weighted by Gasteiger charge is -2.23. The molecule has 37 heavy (non-hydrogen) atoms. The van der Waals surface area contributed by atoms with Gasteiger partial charge in [-0.25, -0.2) is 4.39 Å². The van der Waals surface area contributed by atoms with Crippen molar-refractivity contribution in [2.45, 2.75) is 52.1 Å². The Labute approximate surface area is 218 Å². The second kappa shape index (κ2) is 11.4. The molecular formula is C31H36FN2O3+. The van der Waals surface area contributed by atoms with Crippen LogP contribution in [0.4, 0.5) is 4.39 Å². The summed E-state index contributed by atoms with van der Waals surface area (Å²) >= 11 is 0. The Hall–Kier alpha value is -3.25. The van der Waals surface area contributed by atoms with Crippen LogP contribution in [0.15, 0.2) is 60.9 Å². The predicted molar refractivity (Wildman–Crippen MR) is 142 cm³/mol. The lowest BCUT2D eigenvalue weighted by Crippen LogP contribution is -3.12. The number of quaternary nitrogens is 1. The van der Waals surface area contributed by atoms with Crippen molar-refractivity contribution in [1.29, 1.82) is 0 Å². The van der Waals surface area contributed by atoms with Crippen LogP contribution in [-0.2, 0) is 6.54 Å². The van der Waals surface area contributed by atoms with E-state index < -0.39 is 0 Å². The fraction of sp³-hybridized carbons (Fsp3) is 0.419. The van der Waals surface area contributed by atoms with Crippen molar-refractivity contribution < 1.29 is 23.6 Å². The van der Waals surface area contributed by atoms with Crippen LogP contribution in [0.3, 0.4) is 0 Å². The van der Waals surface area contributed by atoms with Crippen molar-refractivity contribution in [3.05, 3.63) is 77.9 Å². The van der Waals surface area contributed by atoms with Gasteiger partial charge in [-0.3, -0.25) is 9.78 Å². The molecule has 0 spiro atoms. The maximum Gasteiger partial charge on any atom is 0.164 e. The molecule has 3 aromatic rings. The van der Waals surface area contributed by atoms with Gasteiger partial charge in [0, 0.05) is 42.3 Å². The highest BCUT2D eigenvalue weighted by atomic mass is 19.1. The number of benzene rings is 2. The number of hydrogen-bond donors (Lipinski definition) is 1. The topological polar surface area (TPSA) is 52.9 Å². The van der Waals surface area contributed by atoms with Crippen molar-refractivity contribution in [1.82, 2.24) is 4.98 Å². The fourth-order valence-electron chi connectivity index (χ4n) is 6.44. The SMILES string of the molecule is CCOc1cc(C[NH+]2CC[C@H]3C(CC(=O)c4cccnc4)CC[C@H]32)cc(OCC)c1-c1ccc(F)cc1. The number of nitrogens with zero attached hydrogens (tertiary/aromatic N) is 1. The number of carbonyl (C=O) groups is 1. The van der Waals surface area contributed by atoms with Gasteiger partial charge in [-0.2, -0.15) is 0 Å². The molecular weight excluding hydrogens is 467 g/mol. The number of rotatable bonds is 10. The normalized spacial score (nSPS) is 22.6. The highest BCUT2D eigenvalue weighted by Crippen LogP contribution is 2.41. The molecule has 1 aliphatic carbocycles. The van der Waals surface area contributed by atoms with Crippen LogP contribution in [0.25, 0.3) is 11.1 Å². The highest BCUT2D eigenvalue weighted by molar-refractivity contribution is 5.95. The summed E-state index contributed by atoms with van der Waals surface area (Å²) in [5.74, 6) is 2.54. The first-order valence-corrected chi connectivity index (χ1v) is 13.5. The van der Waals surface area contributed by atoms with Gasteiger partial charge in [0.1, 0.15) is 23.9 Å². The molecule has 2 fully saturated rings. The summed E-state index contributed by atoms with van der Waals surface area (Å²) < 4.78 is 25.8. The molecule has 2 heterocycles. The molecule has 194 valence electrons. The van der Waals surface area contributed by atoms with Crippen LogP contribution in [0, 0.1) is 17.7 Å². The maximum absolute atomic E-state index is 13.6. The zero-order chi connectivity index (χ0) is 25.8. The number of ether oxygens (including phenoxy) is 2. The van der Waals surface area contributed by atoms with Crippen LogP contribution in [0.2, 0.25) is 0 Å². The van der Waals surface area contributed by atoms with Gasteiger partial charge >= 0.3 is 0 Å². The number of hydrogen-bond acceptors (Lipinski definition) is 4. The molecule has 2 aromatic carbocycles. The average molecular weight is 504 g/mol. The summed E-state index contributed by atoms with van der Waals surface area (Å²) in [5.41, 5.74) is 3.66. The Morgan fingerprint density at radius 1 is 1.03 bits per heavy atom. The lowest BCUT2D eigenvalue weighted by atomic mass is 9.88. The van der Waals surface area contributed by atoms with Gasteiger partial charge in [-0.15, -0.1) is 0 Å². The molecule has 4 atom stereocenters. The van der Waals surface area contributed by atoms with E-state index in [0.29, 0.717) is 37.5 Å². The first-order valence-electron chi connectivity index (χ1n) is 13.5. The Balaban J connectivity index is 1.34. The smallest absolute Gasteiger partial charge is 0.164 e. The van der Waals surface area contributed by atoms with E-state index in [2.05, 4.69) is 17.1 Å². The molecule has 5 rings (SSSR count). The van der Waals surface area contributed by atoms with Crippen LogP contribution in [-0.4, -0.2) is 36.6 Å². The summed E-state index contributed by atoms with van der Waals surface area (Å²) in [6.45, 7) is 7.04. The molecule has 1 saturated heterocycles. The Bertz CT molecular complexity index is 1190. The third-order valence-corrected chi connectivity index (χ3v) is 8.01. The Morgan fingerprint density at radius 2 is 1.76 bits per heavy atom. The van der Waals surface area contributed by atoms with Crippen molar-refractivity contribution >= 4 is 5.78 Å². The van der Waals surface area contributed by atoms with Gasteiger partial charge in [0.2, 0.25) is 0 Å². The number of ketones is 1. The number of likely N-dealkylation sites (tertiary alicyclic amines) is 1. The zero-order valence-electron chi connectivity index (χ0n) is 21.7. The summed E-state index contributed by atoms with van der Waals surface area (Å²) in [5, 5.41) is 0. The number of Topliss-reactive ketones (excluding diaryl/α,β-unsaturated/α-hetero) is 1. The molecule has 0 bridgehead atoms. The predicted octanol–water partition coefficient (Wildman–Crippen LogP) is 5.14. The van der Waals surface area contributed by atoms with Gasteiger partial charge in [-0.1, -0.05) is 12.1 Å². The molecule has 0 amide bonds. The molecule has 2 unspecified atom stereocenters. The Kier molecular flexibility index (Phi) is 7.85. The number of fused-ring (bicyclic) bond motifs is 1. The van der Waals surface area contributed by atoms with Gasteiger partial charge in [0.25, 0.3) is 0 Å². The average Bonchev–Trinajstić information content (AvgIpc) is 3.49. The van der Waals surface area contributed by atoms with E-state index in [9.17, 15) is 9.18 Å². The van der Waals surface area contributed by atoms with Gasteiger partial charge in [0.05, 0.1) is 31.4 Å². The number of aromatic nitrogens is 1. The lowest BCUT2D eigenvalue weighted by molar-refractivity contribution is -0.927. The van der Waals surface area contributed by atoms with Crippen LogP contribution in [0.5, 0.6) is 11.5 Å². The first kappa shape index (κ1) is 25.4. The molecule has 5 nitrogen and oxygen atoms in total. The van der Waals surface area contributed by atoms with Gasteiger partial charge in [-0.05, 0) is 74.6 Å². The number of nitrogens with one attached hydrogen (secondary N) is 1. The third kappa shape index (κ3) is 5.54. The van der Waals surface area contributed by atoms with Crippen molar-refractivity contribution in [2.24, 2.45) is 11.8 Å². The summed E-state index contributed by atoms with van der Waals surface area (Å²) in [7, 11) is 0. The fourth-order valence-corrected chi connectivity index (χ4v) is 6.44. The third-order valence-electron chi connectivity index (χ3n) is 8.01. The van der Waals surface area contributed by atoms with E-state index in [1.54, 1.807) is 29.4 Å². The van der Waals surface area contributed by atoms with Crippen LogP contribution >= 0.6 is 0 Å². The van der Waals surface area contributed by atoms with Gasteiger partial charge in [0.15, 0.2) is 5.78 Å². The molecule has 1 aliphatic heterocycles. The summed E-state index contributed by atoms with van der Waals surface area (Å²) in [4.78, 5) is 18.5. The molecule has 0 radical (unpaired) electrons. The van der Waals surface area contributed by atoms with Gasteiger partial charge < -0.3 is 14.4 Å². The number of carbonyl (C=O) groups excluding carboxylic acids is 1. The Morgan fingerprint density at radius 3 is 2.41 bits per heavy atom. The first-order chi connectivity index (χ1) is 18.1. The van der Waals surface area contributed by atoms with Crippen LogP contribution in [0.1, 0.15) is 55.5 Å². The van der Waals surface area contributed by atoms with E-state index in [-0.39, 0.29) is 11.6 Å². The molecule has 2 aliphatic rings. The van der Waals surface area contributed by atoms with E-state index in [4.69, 9.17) is 9.47 Å². The van der Waals surface area contributed by atoms with Crippen molar-refractivity contribution in [3.63, 3.8) is 0 Å². The molecule has 1 saturated carbocycles. The maximum atomic E-state index is 13.6. The second-order valence-electron chi connectivity index (χ2n) is 10.2. The van der Waals surface area contributed by atoms with E-state index in [1.807, 2.05) is 26.0 Å². The zero-order valence-corrected chi connectivity index (χ0v) is 21.7. The minimum absolute atomic E-state index is 0.214. The number of halogens is 1. The van der Waals surface area contributed by atoms with Crippen molar-refractivity contribution in [3.8, 4) is 22.6 Å². The summed E-state index contributed by atoms with van der Waals surface area (Å²) in [6, 6.07) is 15.0.